The van der Waals surface area contributed by atoms with Crippen LogP contribution in [0.15, 0.2) is 48.5 Å². The molecule has 0 bridgehead atoms. The van der Waals surface area contributed by atoms with E-state index in [0.29, 0.717) is 24.7 Å². The fraction of sp³-hybridized carbons (Fsp3) is 0.222. The van der Waals surface area contributed by atoms with E-state index in [9.17, 15) is 19.8 Å². The summed E-state index contributed by atoms with van der Waals surface area (Å²) in [5.74, 6) is -0.999. The van der Waals surface area contributed by atoms with Crippen molar-refractivity contribution < 1.29 is 48.8 Å². The average Bonchev–Trinajstić information content (AvgIpc) is 2.57. The molecular formula is C18H18O6Zn. The smallest absolute Gasteiger partial charge is 0.545 e. The first kappa shape index (κ1) is 22.6. The van der Waals surface area contributed by atoms with Crippen molar-refractivity contribution in [3.63, 3.8) is 0 Å². The minimum absolute atomic E-state index is 0. The predicted octanol–water partition coefficient (Wildman–Crippen LogP) is 0.895. The van der Waals surface area contributed by atoms with Crippen LogP contribution in [0.2, 0.25) is 0 Å². The van der Waals surface area contributed by atoms with Gasteiger partial charge in [-0.05, 0) is 73.5 Å². The van der Waals surface area contributed by atoms with Crippen LogP contribution in [0.25, 0.3) is 0 Å². The zero-order valence-corrected chi connectivity index (χ0v) is 17.2. The molecule has 0 aliphatic heterocycles. The van der Waals surface area contributed by atoms with Gasteiger partial charge in [0, 0.05) is 0 Å². The first-order valence-electron chi connectivity index (χ1n) is 7.36. The van der Waals surface area contributed by atoms with Crippen molar-refractivity contribution in [1.29, 1.82) is 0 Å². The predicted molar refractivity (Wildman–Crippen MR) is 83.9 cm³/mol. The second-order valence-electron chi connectivity index (χ2n) is 4.49. The average molecular weight is 396 g/mol. The summed E-state index contributed by atoms with van der Waals surface area (Å²) < 4.78 is 10.3. The number of carboxylic acids is 2. The maximum absolute atomic E-state index is 10.3. The molecule has 0 saturated carbocycles. The van der Waals surface area contributed by atoms with Gasteiger partial charge in [-0.1, -0.05) is 0 Å². The third-order valence-corrected chi connectivity index (χ3v) is 2.80. The largest absolute Gasteiger partial charge is 2.00 e. The maximum Gasteiger partial charge on any atom is 2.00 e. The van der Waals surface area contributed by atoms with E-state index in [1.165, 1.54) is 24.3 Å². The van der Waals surface area contributed by atoms with Crippen molar-refractivity contribution in [2.45, 2.75) is 13.8 Å². The summed E-state index contributed by atoms with van der Waals surface area (Å²) >= 11 is 0. The van der Waals surface area contributed by atoms with Crippen LogP contribution in [0.4, 0.5) is 0 Å². The third kappa shape index (κ3) is 8.31. The fourth-order valence-electron chi connectivity index (χ4n) is 1.71. The van der Waals surface area contributed by atoms with E-state index in [2.05, 4.69) is 0 Å². The molecule has 6 nitrogen and oxygen atoms in total. The molecule has 0 aliphatic carbocycles. The van der Waals surface area contributed by atoms with Gasteiger partial charge in [-0.2, -0.15) is 0 Å². The van der Waals surface area contributed by atoms with Crippen LogP contribution < -0.4 is 19.7 Å². The summed E-state index contributed by atoms with van der Waals surface area (Å²) in [6, 6.07) is 12.3. The zero-order valence-electron chi connectivity index (χ0n) is 14.2. The molecule has 0 unspecified atom stereocenters. The van der Waals surface area contributed by atoms with Crippen LogP contribution in [-0.4, -0.2) is 25.2 Å². The number of hydrogen-bond acceptors (Lipinski definition) is 6. The minimum Gasteiger partial charge on any atom is -0.545 e. The number of aromatic carboxylic acids is 2. The van der Waals surface area contributed by atoms with Crippen molar-refractivity contribution in [2.24, 2.45) is 0 Å². The molecule has 7 heteroatoms. The van der Waals surface area contributed by atoms with Crippen molar-refractivity contribution >= 4 is 11.9 Å². The van der Waals surface area contributed by atoms with Crippen molar-refractivity contribution in [3.05, 3.63) is 59.7 Å². The van der Waals surface area contributed by atoms with E-state index in [1.807, 2.05) is 13.8 Å². The molecular weight excluding hydrogens is 378 g/mol. The Morgan fingerprint density at radius 3 is 1.20 bits per heavy atom. The van der Waals surface area contributed by atoms with Crippen molar-refractivity contribution in [3.8, 4) is 11.5 Å². The maximum atomic E-state index is 10.3. The molecule has 0 aromatic heterocycles. The van der Waals surface area contributed by atoms with E-state index in [-0.39, 0.29) is 30.6 Å². The number of hydrogen-bond donors (Lipinski definition) is 0. The molecule has 2 aromatic carbocycles. The van der Waals surface area contributed by atoms with E-state index in [4.69, 9.17) is 9.47 Å². The first-order valence-corrected chi connectivity index (χ1v) is 7.36. The summed E-state index contributed by atoms with van der Waals surface area (Å²) in [5, 5.41) is 20.6. The number of rotatable bonds is 6. The van der Waals surface area contributed by atoms with Gasteiger partial charge in [0.05, 0.1) is 25.2 Å². The molecule has 0 atom stereocenters. The second-order valence-corrected chi connectivity index (χ2v) is 4.49. The summed E-state index contributed by atoms with van der Waals surface area (Å²) in [6.07, 6.45) is 0. The van der Waals surface area contributed by atoms with Crippen LogP contribution in [0, 0.1) is 0 Å². The summed E-state index contributed by atoms with van der Waals surface area (Å²) in [7, 11) is 0. The molecule has 128 valence electrons. The van der Waals surface area contributed by atoms with E-state index >= 15 is 0 Å². The zero-order chi connectivity index (χ0) is 17.9. The standard InChI is InChI=1S/2C9H10O3.Zn/c2*1-2-12-8-5-3-7(4-6-8)9(10)11;/h2*3-6H,2H2,1H3,(H,10,11);/q;;+2/p-2. The Kier molecular flexibility index (Phi) is 10.9. The molecule has 0 heterocycles. The van der Waals surface area contributed by atoms with Crippen LogP contribution in [0.3, 0.4) is 0 Å². The van der Waals surface area contributed by atoms with Gasteiger partial charge in [-0.25, -0.2) is 0 Å². The molecule has 2 rings (SSSR count). The Morgan fingerprint density at radius 1 is 0.720 bits per heavy atom. The quantitative estimate of drug-likeness (QED) is 0.674. The van der Waals surface area contributed by atoms with Gasteiger partial charge in [0.2, 0.25) is 0 Å². The Bertz CT molecular complexity index is 593. The summed E-state index contributed by atoms with van der Waals surface area (Å²) in [6.45, 7) is 4.88. The topological polar surface area (TPSA) is 98.7 Å². The molecule has 0 saturated heterocycles. The fourth-order valence-corrected chi connectivity index (χ4v) is 1.71. The number of ether oxygens (including phenoxy) is 2. The number of carboxylic acid groups (broad SMARTS) is 2. The molecule has 2 aromatic rings. The van der Waals surface area contributed by atoms with Gasteiger partial charge < -0.3 is 29.3 Å². The normalized spacial score (nSPS) is 9.04. The molecule has 25 heavy (non-hydrogen) atoms. The minimum atomic E-state index is -1.17. The van der Waals surface area contributed by atoms with Crippen LogP contribution in [-0.2, 0) is 19.5 Å². The van der Waals surface area contributed by atoms with Gasteiger partial charge in [-0.3, -0.25) is 0 Å². The van der Waals surface area contributed by atoms with Gasteiger partial charge in [0.15, 0.2) is 0 Å². The Labute approximate surface area is 159 Å². The van der Waals surface area contributed by atoms with Crippen LogP contribution >= 0.6 is 0 Å². The summed E-state index contributed by atoms with van der Waals surface area (Å²) in [4.78, 5) is 20.6. The molecule has 0 aliphatic rings. The third-order valence-electron chi connectivity index (χ3n) is 2.80. The van der Waals surface area contributed by atoms with Gasteiger partial charge in [0.25, 0.3) is 0 Å². The van der Waals surface area contributed by atoms with Gasteiger partial charge in [0.1, 0.15) is 11.5 Å². The van der Waals surface area contributed by atoms with E-state index in [1.54, 1.807) is 24.3 Å². The Hall–Kier alpha value is -2.40. The van der Waals surface area contributed by atoms with Gasteiger partial charge in [-0.15, -0.1) is 0 Å². The monoisotopic (exact) mass is 394 g/mol. The molecule has 0 N–H and O–H groups in total. The first-order chi connectivity index (χ1) is 11.5. The van der Waals surface area contributed by atoms with E-state index < -0.39 is 11.9 Å². The van der Waals surface area contributed by atoms with Gasteiger partial charge >= 0.3 is 19.5 Å². The summed E-state index contributed by atoms with van der Waals surface area (Å²) in [5.41, 5.74) is 0.330. The molecule has 0 fully saturated rings. The Morgan fingerprint density at radius 2 is 1.00 bits per heavy atom. The number of carbonyl (C=O) groups is 2. The van der Waals surface area contributed by atoms with Crippen molar-refractivity contribution in [1.82, 2.24) is 0 Å². The van der Waals surface area contributed by atoms with Crippen molar-refractivity contribution in [2.75, 3.05) is 13.2 Å². The SMILES string of the molecule is CCOc1ccc(C(=O)[O-])cc1.CCOc1ccc(C(=O)[O-])cc1.[Zn+2]. The molecule has 0 amide bonds. The molecule has 0 radical (unpaired) electrons. The van der Waals surface area contributed by atoms with Crippen LogP contribution in [0.1, 0.15) is 34.6 Å². The Balaban J connectivity index is 0.000000443. The number of benzene rings is 2. The second kappa shape index (κ2) is 12.0. The number of carbonyl (C=O) groups excluding carboxylic acids is 2. The van der Waals surface area contributed by atoms with E-state index in [0.717, 1.165) is 0 Å². The van der Waals surface area contributed by atoms with Crippen LogP contribution in [0.5, 0.6) is 11.5 Å². The molecule has 0 spiro atoms.